The van der Waals surface area contributed by atoms with Gasteiger partial charge in [-0.1, -0.05) is 48.5 Å². The maximum absolute atomic E-state index is 11.6. The van der Waals surface area contributed by atoms with E-state index in [1.165, 1.54) is 21.9 Å². The van der Waals surface area contributed by atoms with Crippen molar-refractivity contribution in [2.24, 2.45) is 0 Å². The monoisotopic (exact) mass is 414 g/mol. The quantitative estimate of drug-likeness (QED) is 0.567. The Morgan fingerprint density at radius 3 is 2.48 bits per heavy atom. The van der Waals surface area contributed by atoms with E-state index < -0.39 is 0 Å². The molecule has 1 atom stereocenters. The van der Waals surface area contributed by atoms with Crippen LogP contribution in [0.2, 0.25) is 0 Å². The number of para-hydroxylation sites is 2. The van der Waals surface area contributed by atoms with E-state index in [0.717, 1.165) is 43.7 Å². The van der Waals surface area contributed by atoms with Crippen LogP contribution in [0.1, 0.15) is 30.0 Å². The van der Waals surface area contributed by atoms with Gasteiger partial charge >= 0.3 is 0 Å². The second-order valence-electron chi connectivity index (χ2n) is 8.61. The van der Waals surface area contributed by atoms with E-state index in [9.17, 15) is 4.79 Å². The molecule has 0 radical (unpaired) electrons. The Hall–Kier alpha value is -3.05. The predicted molar refractivity (Wildman–Crippen MR) is 128 cm³/mol. The Kier molecular flexibility index (Phi) is 5.51. The summed E-state index contributed by atoms with van der Waals surface area (Å²) in [7, 11) is 1.66. The molecule has 0 saturated carbocycles. The number of hydrogen-bond donors (Lipinski definition) is 3. The van der Waals surface area contributed by atoms with Crippen molar-refractivity contribution in [1.82, 2.24) is 10.2 Å². The topological polar surface area (TPSA) is 56.4 Å². The Labute approximate surface area is 183 Å². The number of nitrogens with zero attached hydrogens (tertiary/aromatic N) is 1. The van der Waals surface area contributed by atoms with E-state index in [4.69, 9.17) is 0 Å². The lowest BCUT2D eigenvalue weighted by atomic mass is 9.99. The maximum atomic E-state index is 11.6. The van der Waals surface area contributed by atoms with Crippen molar-refractivity contribution in [3.8, 4) is 0 Å². The largest absolute Gasteiger partial charge is 0.381 e. The average Bonchev–Trinajstić information content (AvgIpc) is 3.19. The van der Waals surface area contributed by atoms with Crippen LogP contribution in [0.5, 0.6) is 0 Å². The van der Waals surface area contributed by atoms with Crippen LogP contribution in [-0.4, -0.2) is 43.5 Å². The zero-order valence-corrected chi connectivity index (χ0v) is 18.0. The number of anilines is 2. The number of rotatable bonds is 6. The number of nitrogens with one attached hydrogen (secondary N) is 3. The van der Waals surface area contributed by atoms with Crippen molar-refractivity contribution >= 4 is 28.1 Å². The molecule has 5 rings (SSSR count). The van der Waals surface area contributed by atoms with Gasteiger partial charge in [0.05, 0.1) is 17.9 Å². The van der Waals surface area contributed by atoms with Crippen LogP contribution in [0.15, 0.2) is 60.7 Å². The second kappa shape index (κ2) is 8.60. The van der Waals surface area contributed by atoms with E-state index in [1.54, 1.807) is 7.05 Å². The molecule has 3 aromatic rings. The molecule has 1 aliphatic heterocycles. The lowest BCUT2D eigenvalue weighted by Gasteiger charge is -2.37. The van der Waals surface area contributed by atoms with Crippen LogP contribution in [-0.2, 0) is 11.2 Å². The molecule has 0 bridgehead atoms. The number of amides is 1. The molecular formula is C26H30N4O. The molecule has 2 aliphatic rings. The Bertz CT molecular complexity index is 1080. The Morgan fingerprint density at radius 1 is 0.968 bits per heavy atom. The normalized spacial score (nSPS) is 18.8. The van der Waals surface area contributed by atoms with Crippen molar-refractivity contribution in [3.05, 3.63) is 71.8 Å². The minimum absolute atomic E-state index is 0.0179. The smallest absolute Gasteiger partial charge is 0.239 e. The summed E-state index contributed by atoms with van der Waals surface area (Å²) in [6.07, 6.45) is 3.36. The van der Waals surface area contributed by atoms with Crippen LogP contribution in [0.4, 0.5) is 11.4 Å². The molecule has 1 saturated heterocycles. The highest BCUT2D eigenvalue weighted by Crippen LogP contribution is 2.41. The number of hydrogen-bond acceptors (Lipinski definition) is 4. The summed E-state index contributed by atoms with van der Waals surface area (Å²) in [5.74, 6) is -0.0179. The summed E-state index contributed by atoms with van der Waals surface area (Å²) in [4.78, 5) is 14.3. The lowest BCUT2D eigenvalue weighted by molar-refractivity contribution is -0.118. The fraction of sp³-hybridized carbons (Fsp3) is 0.346. The van der Waals surface area contributed by atoms with Crippen molar-refractivity contribution in [2.75, 3.05) is 37.3 Å². The molecule has 1 amide bonds. The molecule has 0 spiro atoms. The van der Waals surface area contributed by atoms with Gasteiger partial charge in [0.2, 0.25) is 5.91 Å². The first-order valence-electron chi connectivity index (χ1n) is 11.3. The molecule has 31 heavy (non-hydrogen) atoms. The third-order valence-electron chi connectivity index (χ3n) is 6.77. The first-order valence-corrected chi connectivity index (χ1v) is 11.3. The standard InChI is InChI=1S/C26H30N4O/c1-27-25(31)17-28-22-10-2-3-11-23(22)29-20-12-14-30(15-13-20)24-16-19-8-4-6-18-7-5-9-21(24)26(18)19/h2-11,20,24,28-29H,12-17H2,1H3,(H,27,31). The SMILES string of the molecule is CNC(=O)CNc1ccccc1NC1CCN(C2Cc3cccc4cccc2c34)CC1. The van der Waals surface area contributed by atoms with E-state index in [-0.39, 0.29) is 12.5 Å². The van der Waals surface area contributed by atoms with Gasteiger partial charge in [-0.15, -0.1) is 0 Å². The van der Waals surface area contributed by atoms with Crippen molar-refractivity contribution in [3.63, 3.8) is 0 Å². The third kappa shape index (κ3) is 3.98. The minimum atomic E-state index is -0.0179. The van der Waals surface area contributed by atoms with Crippen LogP contribution in [0.25, 0.3) is 10.8 Å². The van der Waals surface area contributed by atoms with Gasteiger partial charge in [0.15, 0.2) is 0 Å². The summed E-state index contributed by atoms with van der Waals surface area (Å²) in [5.41, 5.74) is 5.05. The number of carbonyl (C=O) groups excluding carboxylic acids is 1. The molecule has 5 nitrogen and oxygen atoms in total. The fourth-order valence-corrected chi connectivity index (χ4v) is 5.14. The summed E-state index contributed by atoms with van der Waals surface area (Å²) < 4.78 is 0. The van der Waals surface area contributed by atoms with E-state index in [1.807, 2.05) is 18.2 Å². The van der Waals surface area contributed by atoms with Gasteiger partial charge in [-0.05, 0) is 53.3 Å². The molecule has 1 heterocycles. The number of likely N-dealkylation sites (tertiary alicyclic amines) is 1. The van der Waals surface area contributed by atoms with Gasteiger partial charge in [-0.3, -0.25) is 9.69 Å². The Balaban J connectivity index is 1.23. The molecule has 0 aromatic heterocycles. The van der Waals surface area contributed by atoms with Gasteiger partial charge in [-0.25, -0.2) is 0 Å². The lowest BCUT2D eigenvalue weighted by Crippen LogP contribution is -2.41. The average molecular weight is 415 g/mol. The molecule has 5 heteroatoms. The van der Waals surface area contributed by atoms with Crippen LogP contribution in [0.3, 0.4) is 0 Å². The number of likely N-dealkylation sites (N-methyl/N-ethyl adjacent to an activating group) is 1. The number of piperidine rings is 1. The highest BCUT2D eigenvalue weighted by atomic mass is 16.1. The number of benzene rings is 3. The van der Waals surface area contributed by atoms with Crippen LogP contribution < -0.4 is 16.0 Å². The first kappa shape index (κ1) is 19.9. The van der Waals surface area contributed by atoms with E-state index >= 15 is 0 Å². The van der Waals surface area contributed by atoms with E-state index in [2.05, 4.69) is 63.3 Å². The maximum Gasteiger partial charge on any atom is 0.239 e. The number of carbonyl (C=O) groups is 1. The van der Waals surface area contributed by atoms with Crippen LogP contribution in [0, 0.1) is 0 Å². The zero-order chi connectivity index (χ0) is 21.2. The van der Waals surface area contributed by atoms with Crippen molar-refractivity contribution < 1.29 is 4.79 Å². The van der Waals surface area contributed by atoms with E-state index in [0.29, 0.717) is 12.1 Å². The molecule has 160 valence electrons. The van der Waals surface area contributed by atoms with Gasteiger partial charge in [0.1, 0.15) is 0 Å². The van der Waals surface area contributed by atoms with Crippen molar-refractivity contribution in [1.29, 1.82) is 0 Å². The molecule has 1 aliphatic carbocycles. The van der Waals surface area contributed by atoms with Gasteiger partial charge < -0.3 is 16.0 Å². The summed E-state index contributed by atoms with van der Waals surface area (Å²) in [6.45, 7) is 2.47. The van der Waals surface area contributed by atoms with Gasteiger partial charge in [0, 0.05) is 32.2 Å². The summed E-state index contributed by atoms with van der Waals surface area (Å²) >= 11 is 0. The molecule has 1 unspecified atom stereocenters. The van der Waals surface area contributed by atoms with Gasteiger partial charge in [-0.2, -0.15) is 0 Å². The summed E-state index contributed by atoms with van der Waals surface area (Å²) in [6, 6.07) is 22.6. The van der Waals surface area contributed by atoms with Gasteiger partial charge in [0.25, 0.3) is 0 Å². The molecule has 1 fully saturated rings. The molecule has 3 N–H and O–H groups in total. The molecular weight excluding hydrogens is 384 g/mol. The van der Waals surface area contributed by atoms with Crippen molar-refractivity contribution in [2.45, 2.75) is 31.3 Å². The third-order valence-corrected chi connectivity index (χ3v) is 6.77. The second-order valence-corrected chi connectivity index (χ2v) is 8.61. The molecule has 3 aromatic carbocycles. The Morgan fingerprint density at radius 2 is 1.71 bits per heavy atom. The fourth-order valence-electron chi connectivity index (χ4n) is 5.14. The highest BCUT2D eigenvalue weighted by molar-refractivity contribution is 5.91. The predicted octanol–water partition coefficient (Wildman–Crippen LogP) is 4.17. The first-order chi connectivity index (χ1) is 15.2. The van der Waals surface area contributed by atoms with Crippen LogP contribution >= 0.6 is 0 Å². The zero-order valence-electron chi connectivity index (χ0n) is 18.0. The highest BCUT2D eigenvalue weighted by Gasteiger charge is 2.31. The minimum Gasteiger partial charge on any atom is -0.381 e. The summed E-state index contributed by atoms with van der Waals surface area (Å²) in [5, 5.41) is 12.5.